The molecule has 2 amide bonds. The smallest absolute Gasteiger partial charge is 0.407 e. The van der Waals surface area contributed by atoms with Gasteiger partial charge in [-0.3, -0.25) is 4.79 Å². The number of fused-ring (bicyclic) bond motifs is 3. The number of nitrogens with one attached hydrogen (secondary N) is 2. The van der Waals surface area contributed by atoms with E-state index in [1.807, 2.05) is 31.2 Å². The SMILES string of the molecule is CCCC(NC(=O)C[C@@H]1CC[C@H](NC(=O)OCC2c3ccccc3-c3ccccc32)C1)C(=O)O. The number of hydrogen-bond donors (Lipinski definition) is 3. The van der Waals surface area contributed by atoms with Crippen molar-refractivity contribution in [3.8, 4) is 11.1 Å². The number of benzene rings is 2. The van der Waals surface area contributed by atoms with Gasteiger partial charge in [-0.05, 0) is 53.9 Å². The van der Waals surface area contributed by atoms with Gasteiger partial charge >= 0.3 is 12.1 Å². The zero-order valence-electron chi connectivity index (χ0n) is 19.5. The van der Waals surface area contributed by atoms with Crippen LogP contribution < -0.4 is 10.6 Å². The Hall–Kier alpha value is -3.35. The predicted octanol–water partition coefficient (Wildman–Crippen LogP) is 4.45. The molecule has 0 saturated heterocycles. The molecule has 3 N–H and O–H groups in total. The van der Waals surface area contributed by atoms with Crippen LogP contribution in [0.2, 0.25) is 0 Å². The maximum absolute atomic E-state index is 12.5. The lowest BCUT2D eigenvalue weighted by Gasteiger charge is -2.17. The molecule has 180 valence electrons. The zero-order valence-corrected chi connectivity index (χ0v) is 19.5. The lowest BCUT2D eigenvalue weighted by atomic mass is 9.98. The van der Waals surface area contributed by atoms with Crippen LogP contribution in [-0.2, 0) is 14.3 Å². The molecule has 2 aliphatic carbocycles. The average Bonchev–Trinajstić information content (AvgIpc) is 3.39. The lowest BCUT2D eigenvalue weighted by Crippen LogP contribution is -2.41. The second kappa shape index (κ2) is 10.7. The number of ether oxygens (including phenoxy) is 1. The summed E-state index contributed by atoms with van der Waals surface area (Å²) >= 11 is 0. The summed E-state index contributed by atoms with van der Waals surface area (Å²) in [7, 11) is 0. The van der Waals surface area contributed by atoms with Crippen molar-refractivity contribution in [2.45, 2.75) is 63.5 Å². The molecule has 1 fully saturated rings. The maximum atomic E-state index is 12.5. The maximum Gasteiger partial charge on any atom is 0.407 e. The van der Waals surface area contributed by atoms with E-state index in [-0.39, 0.29) is 36.8 Å². The molecule has 0 spiro atoms. The Morgan fingerprint density at radius 1 is 1.03 bits per heavy atom. The Bertz CT molecular complexity index is 1010. The summed E-state index contributed by atoms with van der Waals surface area (Å²) in [6, 6.07) is 15.6. The molecule has 4 rings (SSSR count). The van der Waals surface area contributed by atoms with E-state index in [2.05, 4.69) is 34.9 Å². The zero-order chi connectivity index (χ0) is 24.1. The summed E-state index contributed by atoms with van der Waals surface area (Å²) < 4.78 is 5.63. The molecule has 1 unspecified atom stereocenters. The van der Waals surface area contributed by atoms with Crippen molar-refractivity contribution in [3.05, 3.63) is 59.7 Å². The highest BCUT2D eigenvalue weighted by molar-refractivity contribution is 5.83. The van der Waals surface area contributed by atoms with E-state index in [4.69, 9.17) is 4.74 Å². The second-order valence-corrected chi connectivity index (χ2v) is 9.30. The van der Waals surface area contributed by atoms with Gasteiger partial charge in [0, 0.05) is 18.4 Å². The minimum absolute atomic E-state index is 0.0171. The Balaban J connectivity index is 1.25. The van der Waals surface area contributed by atoms with Crippen LogP contribution >= 0.6 is 0 Å². The fourth-order valence-electron chi connectivity index (χ4n) is 5.26. The van der Waals surface area contributed by atoms with E-state index >= 15 is 0 Å². The summed E-state index contributed by atoms with van der Waals surface area (Å²) in [6.45, 7) is 2.16. The largest absolute Gasteiger partial charge is 0.480 e. The normalized spacial score (nSPS) is 19.7. The van der Waals surface area contributed by atoms with E-state index in [9.17, 15) is 19.5 Å². The predicted molar refractivity (Wildman–Crippen MR) is 128 cm³/mol. The van der Waals surface area contributed by atoms with Crippen molar-refractivity contribution in [3.63, 3.8) is 0 Å². The molecule has 7 nitrogen and oxygen atoms in total. The highest BCUT2D eigenvalue weighted by atomic mass is 16.5. The van der Waals surface area contributed by atoms with Gasteiger partial charge in [-0.25, -0.2) is 9.59 Å². The molecule has 0 radical (unpaired) electrons. The number of carbonyl (C=O) groups is 3. The van der Waals surface area contributed by atoms with Crippen molar-refractivity contribution < 1.29 is 24.2 Å². The second-order valence-electron chi connectivity index (χ2n) is 9.30. The number of carboxylic acid groups (broad SMARTS) is 1. The van der Waals surface area contributed by atoms with Gasteiger partial charge in [0.25, 0.3) is 0 Å². The Morgan fingerprint density at radius 2 is 1.68 bits per heavy atom. The van der Waals surface area contributed by atoms with E-state index in [1.54, 1.807) is 0 Å². The van der Waals surface area contributed by atoms with Gasteiger partial charge in [0.15, 0.2) is 0 Å². The van der Waals surface area contributed by atoms with Crippen LogP contribution in [0, 0.1) is 5.92 Å². The molecular formula is C27H32N2O5. The van der Waals surface area contributed by atoms with E-state index in [0.29, 0.717) is 19.3 Å². The van der Waals surface area contributed by atoms with Crippen LogP contribution in [-0.4, -0.2) is 41.8 Å². The Labute approximate surface area is 199 Å². The number of carboxylic acids is 1. The van der Waals surface area contributed by atoms with Crippen LogP contribution in [0.15, 0.2) is 48.5 Å². The first kappa shape index (κ1) is 23.8. The highest BCUT2D eigenvalue weighted by Crippen LogP contribution is 2.44. The van der Waals surface area contributed by atoms with Crippen molar-refractivity contribution in [2.75, 3.05) is 6.61 Å². The Morgan fingerprint density at radius 3 is 2.29 bits per heavy atom. The lowest BCUT2D eigenvalue weighted by molar-refractivity contribution is -0.142. The number of hydrogen-bond acceptors (Lipinski definition) is 4. The van der Waals surface area contributed by atoms with Crippen molar-refractivity contribution >= 4 is 18.0 Å². The summed E-state index contributed by atoms with van der Waals surface area (Å²) in [5, 5.41) is 14.8. The molecule has 0 heterocycles. The number of carbonyl (C=O) groups excluding carboxylic acids is 2. The number of alkyl carbamates (subject to hydrolysis) is 1. The fourth-order valence-corrected chi connectivity index (χ4v) is 5.26. The quantitative estimate of drug-likeness (QED) is 0.508. The van der Waals surface area contributed by atoms with Gasteiger partial charge in [0.1, 0.15) is 12.6 Å². The molecule has 7 heteroatoms. The molecule has 0 aromatic heterocycles. The summed E-state index contributed by atoms with van der Waals surface area (Å²) in [5.74, 6) is -1.11. The van der Waals surface area contributed by atoms with E-state index in [1.165, 1.54) is 22.3 Å². The van der Waals surface area contributed by atoms with E-state index in [0.717, 1.165) is 12.8 Å². The van der Waals surface area contributed by atoms with Crippen LogP contribution in [0.25, 0.3) is 11.1 Å². The van der Waals surface area contributed by atoms with Crippen LogP contribution in [0.1, 0.15) is 62.5 Å². The van der Waals surface area contributed by atoms with Crippen LogP contribution in [0.4, 0.5) is 4.79 Å². The van der Waals surface area contributed by atoms with Crippen molar-refractivity contribution in [1.82, 2.24) is 10.6 Å². The van der Waals surface area contributed by atoms with E-state index < -0.39 is 18.1 Å². The molecule has 1 saturated carbocycles. The molecule has 2 aromatic rings. The molecule has 0 bridgehead atoms. The van der Waals surface area contributed by atoms with Gasteiger partial charge in [0.2, 0.25) is 5.91 Å². The van der Waals surface area contributed by atoms with Crippen LogP contribution in [0.5, 0.6) is 0 Å². The fraction of sp³-hybridized carbons (Fsp3) is 0.444. The Kier molecular flexibility index (Phi) is 7.50. The first-order valence-corrected chi connectivity index (χ1v) is 12.1. The first-order valence-electron chi connectivity index (χ1n) is 12.1. The molecular weight excluding hydrogens is 432 g/mol. The number of rotatable bonds is 9. The number of aliphatic carboxylic acids is 1. The van der Waals surface area contributed by atoms with Gasteiger partial charge in [-0.15, -0.1) is 0 Å². The average molecular weight is 465 g/mol. The van der Waals surface area contributed by atoms with Gasteiger partial charge in [0.05, 0.1) is 0 Å². The topological polar surface area (TPSA) is 105 Å². The first-order chi connectivity index (χ1) is 16.5. The van der Waals surface area contributed by atoms with Crippen molar-refractivity contribution in [2.24, 2.45) is 5.92 Å². The van der Waals surface area contributed by atoms with Gasteiger partial charge < -0.3 is 20.5 Å². The third kappa shape index (κ3) is 5.41. The minimum Gasteiger partial charge on any atom is -0.480 e. The third-order valence-corrected chi connectivity index (χ3v) is 6.89. The van der Waals surface area contributed by atoms with Gasteiger partial charge in [-0.2, -0.15) is 0 Å². The molecule has 0 aliphatic heterocycles. The summed E-state index contributed by atoms with van der Waals surface area (Å²) in [4.78, 5) is 36.1. The third-order valence-electron chi connectivity index (χ3n) is 6.89. The molecule has 2 aromatic carbocycles. The molecule has 34 heavy (non-hydrogen) atoms. The summed E-state index contributed by atoms with van der Waals surface area (Å²) in [6.07, 6.45) is 3.21. The van der Waals surface area contributed by atoms with Crippen LogP contribution in [0.3, 0.4) is 0 Å². The number of amides is 2. The molecule has 2 aliphatic rings. The van der Waals surface area contributed by atoms with Gasteiger partial charge in [-0.1, -0.05) is 61.9 Å². The standard InChI is InChI=1S/C27H32N2O5/c1-2-7-24(26(31)32)29-25(30)15-17-12-13-18(14-17)28-27(33)34-16-23-21-10-5-3-8-19(21)20-9-4-6-11-22(20)23/h3-6,8-11,17-18,23-24H,2,7,12-16H2,1H3,(H,28,33)(H,29,30)(H,31,32)/t17-,18+,24?/m1/s1. The minimum atomic E-state index is -1.00. The highest BCUT2D eigenvalue weighted by Gasteiger charge is 2.31. The summed E-state index contributed by atoms with van der Waals surface area (Å²) in [5.41, 5.74) is 4.72. The monoisotopic (exact) mass is 464 g/mol. The molecule has 3 atom stereocenters. The van der Waals surface area contributed by atoms with Crippen molar-refractivity contribution in [1.29, 1.82) is 0 Å².